The number of nitrogens with zero attached hydrogens (tertiary/aromatic N) is 2. The number of halogens is 1. The van der Waals surface area contributed by atoms with E-state index in [1.807, 2.05) is 12.1 Å². The number of nitrogens with one attached hydrogen (secondary N) is 1. The minimum Gasteiger partial charge on any atom is -0.493 e. The van der Waals surface area contributed by atoms with Crippen molar-refractivity contribution in [1.29, 1.82) is 10.5 Å². The van der Waals surface area contributed by atoms with Gasteiger partial charge in [0, 0.05) is 22.0 Å². The summed E-state index contributed by atoms with van der Waals surface area (Å²) in [6.07, 6.45) is 0.618. The predicted molar refractivity (Wildman–Crippen MR) is 105 cm³/mol. The van der Waals surface area contributed by atoms with Crippen LogP contribution in [0.25, 0.3) is 11.1 Å². The molecule has 9 heteroatoms. The fourth-order valence-electron chi connectivity index (χ4n) is 2.57. The number of H-pyrrole nitrogens is 1. The molecule has 0 saturated heterocycles. The molecule has 0 aliphatic rings. The van der Waals surface area contributed by atoms with Crippen LogP contribution in [0.4, 0.5) is 5.82 Å². The Labute approximate surface area is 169 Å². The third-order valence-corrected chi connectivity index (χ3v) is 4.26. The summed E-state index contributed by atoms with van der Waals surface area (Å²) in [5.74, 6) is -0.0946. The van der Waals surface area contributed by atoms with Crippen LogP contribution in [0.2, 0.25) is 0 Å². The van der Waals surface area contributed by atoms with Gasteiger partial charge in [0.15, 0.2) is 0 Å². The molecule has 8 nitrogen and oxygen atoms in total. The minimum atomic E-state index is -0.692. The minimum absolute atomic E-state index is 0.0226. The number of anilines is 1. The normalized spacial score (nSPS) is 10.0. The van der Waals surface area contributed by atoms with Gasteiger partial charge in [-0.15, -0.1) is 0 Å². The number of esters is 1. The number of nitrogens with two attached hydrogens (primary N) is 1. The lowest BCUT2D eigenvalue weighted by Gasteiger charge is -2.15. The van der Waals surface area contributed by atoms with E-state index in [2.05, 4.69) is 20.9 Å². The number of hydrogen-bond acceptors (Lipinski definition) is 7. The van der Waals surface area contributed by atoms with Crippen LogP contribution >= 0.6 is 15.9 Å². The zero-order valence-electron chi connectivity index (χ0n) is 15.0. The SMILES string of the molecule is CCOC(=O)CCCOc1ccc(Br)cc1-c1c(C#N)c(N)[nH]c(=O)c1C#N. The predicted octanol–water partition coefficient (Wildman–Crippen LogP) is 2.85. The van der Waals surface area contributed by atoms with Crippen molar-refractivity contribution in [2.45, 2.75) is 19.8 Å². The molecule has 3 N–H and O–H groups in total. The van der Waals surface area contributed by atoms with Crippen molar-refractivity contribution < 1.29 is 14.3 Å². The fourth-order valence-corrected chi connectivity index (χ4v) is 2.93. The molecule has 0 bridgehead atoms. The number of pyridine rings is 1. The Morgan fingerprint density at radius 1 is 1.29 bits per heavy atom. The van der Waals surface area contributed by atoms with Crippen molar-refractivity contribution in [3.63, 3.8) is 0 Å². The molecule has 1 aromatic heterocycles. The quantitative estimate of drug-likeness (QED) is 0.493. The van der Waals surface area contributed by atoms with Gasteiger partial charge >= 0.3 is 5.97 Å². The molecule has 28 heavy (non-hydrogen) atoms. The zero-order chi connectivity index (χ0) is 20.7. The average Bonchev–Trinajstić information content (AvgIpc) is 2.66. The number of hydrogen-bond donors (Lipinski definition) is 2. The summed E-state index contributed by atoms with van der Waals surface area (Å²) in [5, 5.41) is 18.9. The highest BCUT2D eigenvalue weighted by molar-refractivity contribution is 9.10. The van der Waals surface area contributed by atoms with E-state index in [0.29, 0.717) is 28.8 Å². The van der Waals surface area contributed by atoms with Crippen LogP contribution < -0.4 is 16.0 Å². The van der Waals surface area contributed by atoms with Crippen molar-refractivity contribution in [2.24, 2.45) is 0 Å². The van der Waals surface area contributed by atoms with Crippen LogP contribution in [0.5, 0.6) is 5.75 Å². The first kappa shape index (κ1) is 21.0. The highest BCUT2D eigenvalue weighted by atomic mass is 79.9. The van der Waals surface area contributed by atoms with Crippen LogP contribution in [0.15, 0.2) is 27.5 Å². The van der Waals surface area contributed by atoms with E-state index in [9.17, 15) is 20.1 Å². The van der Waals surface area contributed by atoms with E-state index in [1.165, 1.54) is 0 Å². The van der Waals surface area contributed by atoms with Gasteiger partial charge in [0.25, 0.3) is 5.56 Å². The summed E-state index contributed by atoms with van der Waals surface area (Å²) in [6.45, 7) is 2.25. The molecule has 0 aliphatic heterocycles. The molecular formula is C19H17BrN4O4. The molecule has 0 aliphatic carbocycles. The smallest absolute Gasteiger partial charge is 0.305 e. The van der Waals surface area contributed by atoms with Crippen molar-refractivity contribution in [2.75, 3.05) is 18.9 Å². The van der Waals surface area contributed by atoms with Crippen LogP contribution in [-0.4, -0.2) is 24.2 Å². The highest BCUT2D eigenvalue weighted by Crippen LogP contribution is 2.37. The number of carbonyl (C=O) groups excluding carboxylic acids is 1. The Hall–Kier alpha value is -3.30. The number of carbonyl (C=O) groups is 1. The number of benzene rings is 1. The number of ether oxygens (including phenoxy) is 2. The van der Waals surface area contributed by atoms with Gasteiger partial charge in [0.2, 0.25) is 0 Å². The molecule has 0 spiro atoms. The lowest BCUT2D eigenvalue weighted by atomic mass is 9.96. The summed E-state index contributed by atoms with van der Waals surface area (Å²) in [4.78, 5) is 25.9. The van der Waals surface area contributed by atoms with Crippen LogP contribution in [0.1, 0.15) is 30.9 Å². The molecular weight excluding hydrogens is 428 g/mol. The zero-order valence-corrected chi connectivity index (χ0v) is 16.6. The maximum Gasteiger partial charge on any atom is 0.305 e. The Morgan fingerprint density at radius 3 is 2.64 bits per heavy atom. The second kappa shape index (κ2) is 9.58. The van der Waals surface area contributed by atoms with Gasteiger partial charge in [-0.2, -0.15) is 10.5 Å². The molecule has 0 radical (unpaired) electrons. The molecule has 0 saturated carbocycles. The fraction of sp³-hybridized carbons (Fsp3) is 0.263. The number of aromatic nitrogens is 1. The number of nitrogen functional groups attached to an aromatic ring is 1. The molecule has 2 rings (SSSR count). The standard InChI is InChI=1S/C19H17BrN4O4/c1-2-27-16(25)4-3-7-28-15-6-5-11(20)8-12(15)17-13(9-21)18(23)24-19(26)14(17)10-22/h5-6,8H,2-4,7H2,1H3,(H3,23,24,26). The van der Waals surface area contributed by atoms with Gasteiger partial charge in [-0.25, -0.2) is 0 Å². The first-order chi connectivity index (χ1) is 13.4. The van der Waals surface area contributed by atoms with Crippen molar-refractivity contribution in [1.82, 2.24) is 4.98 Å². The monoisotopic (exact) mass is 444 g/mol. The molecule has 0 atom stereocenters. The first-order valence-electron chi connectivity index (χ1n) is 8.37. The average molecular weight is 445 g/mol. The summed E-state index contributed by atoms with van der Waals surface area (Å²) < 4.78 is 11.3. The van der Waals surface area contributed by atoms with Crippen molar-refractivity contribution in [3.8, 4) is 29.0 Å². The molecule has 1 heterocycles. The molecule has 2 aromatic rings. The van der Waals surface area contributed by atoms with Crippen LogP contribution in [0, 0.1) is 22.7 Å². The first-order valence-corrected chi connectivity index (χ1v) is 9.16. The van der Waals surface area contributed by atoms with E-state index in [1.54, 1.807) is 25.1 Å². The third kappa shape index (κ3) is 4.70. The maximum absolute atomic E-state index is 12.2. The Balaban J connectivity index is 2.44. The Bertz CT molecular complexity index is 1030. The molecule has 0 unspecified atom stereocenters. The topological polar surface area (TPSA) is 142 Å². The second-order valence-electron chi connectivity index (χ2n) is 5.61. The summed E-state index contributed by atoms with van der Waals surface area (Å²) >= 11 is 3.34. The summed E-state index contributed by atoms with van der Waals surface area (Å²) in [7, 11) is 0. The van der Waals surface area contributed by atoms with E-state index in [-0.39, 0.29) is 41.5 Å². The highest BCUT2D eigenvalue weighted by Gasteiger charge is 2.21. The molecule has 0 amide bonds. The van der Waals surface area contributed by atoms with E-state index < -0.39 is 5.56 Å². The van der Waals surface area contributed by atoms with Crippen LogP contribution in [0.3, 0.4) is 0 Å². The van der Waals surface area contributed by atoms with Gasteiger partial charge in [-0.05, 0) is 31.5 Å². The number of aromatic amines is 1. The summed E-state index contributed by atoms with van der Waals surface area (Å²) in [5.41, 5.74) is 5.30. The van der Waals surface area contributed by atoms with E-state index in [0.717, 1.165) is 0 Å². The number of rotatable bonds is 7. The Kier molecular flexibility index (Phi) is 7.19. The van der Waals surface area contributed by atoms with E-state index in [4.69, 9.17) is 15.2 Å². The number of nitriles is 2. The van der Waals surface area contributed by atoms with Gasteiger partial charge in [0.05, 0.1) is 13.2 Å². The largest absolute Gasteiger partial charge is 0.493 e. The lowest BCUT2D eigenvalue weighted by molar-refractivity contribution is -0.143. The molecule has 0 fully saturated rings. The van der Waals surface area contributed by atoms with Gasteiger partial charge in [-0.1, -0.05) is 15.9 Å². The summed E-state index contributed by atoms with van der Waals surface area (Å²) in [6, 6.07) is 8.75. The van der Waals surface area contributed by atoms with Crippen LogP contribution in [-0.2, 0) is 9.53 Å². The lowest BCUT2D eigenvalue weighted by Crippen LogP contribution is -2.16. The van der Waals surface area contributed by atoms with Gasteiger partial charge in [-0.3, -0.25) is 9.59 Å². The van der Waals surface area contributed by atoms with E-state index >= 15 is 0 Å². The molecule has 1 aromatic carbocycles. The molecule has 144 valence electrons. The second-order valence-corrected chi connectivity index (χ2v) is 6.53. The van der Waals surface area contributed by atoms with Crippen molar-refractivity contribution >= 4 is 27.7 Å². The maximum atomic E-state index is 12.2. The van der Waals surface area contributed by atoms with Gasteiger partial charge in [0.1, 0.15) is 34.8 Å². The Morgan fingerprint density at radius 2 is 2.00 bits per heavy atom. The van der Waals surface area contributed by atoms with Crippen molar-refractivity contribution in [3.05, 3.63) is 44.2 Å². The third-order valence-electron chi connectivity index (χ3n) is 3.77. The van der Waals surface area contributed by atoms with Gasteiger partial charge < -0.3 is 20.2 Å².